The molecule has 23 heavy (non-hydrogen) atoms. The van der Waals surface area contributed by atoms with Gasteiger partial charge in [0.15, 0.2) is 0 Å². The molecule has 0 bridgehead atoms. The molecule has 2 aromatic rings. The molecule has 1 atom stereocenters. The van der Waals surface area contributed by atoms with Crippen LogP contribution in [0.1, 0.15) is 36.9 Å². The van der Waals surface area contributed by atoms with Crippen LogP contribution in [0.25, 0.3) is 11.3 Å². The van der Waals surface area contributed by atoms with Gasteiger partial charge in [0.2, 0.25) is 0 Å². The van der Waals surface area contributed by atoms with Gasteiger partial charge < -0.3 is 10.8 Å². The summed E-state index contributed by atoms with van der Waals surface area (Å²) in [5.41, 5.74) is 4.09. The Balaban J connectivity index is 2.45. The summed E-state index contributed by atoms with van der Waals surface area (Å²) in [6.07, 6.45) is 1.23. The SMILES string of the molecule is [2H]C([2H])([2H])n1ncc(-c2ccc(C(N)(CC(C)(C)C)C(=O)O)cc2F)n1. The van der Waals surface area contributed by atoms with Gasteiger partial charge in [0.25, 0.3) is 0 Å². The lowest BCUT2D eigenvalue weighted by Gasteiger charge is -2.32. The number of benzene rings is 1. The summed E-state index contributed by atoms with van der Waals surface area (Å²) >= 11 is 0. The summed E-state index contributed by atoms with van der Waals surface area (Å²) in [5, 5.41) is 16.9. The molecule has 0 radical (unpaired) electrons. The predicted molar refractivity (Wildman–Crippen MR) is 84.0 cm³/mol. The summed E-state index contributed by atoms with van der Waals surface area (Å²) in [7, 11) is 0. The molecule has 124 valence electrons. The minimum atomic E-state index is -2.57. The molecule has 0 amide bonds. The average Bonchev–Trinajstić information content (AvgIpc) is 2.94. The Kier molecular flexibility index (Phi) is 3.29. The van der Waals surface area contributed by atoms with E-state index in [9.17, 15) is 14.3 Å². The number of carbonyl (C=O) groups is 1. The fraction of sp³-hybridized carbons (Fsp3) is 0.438. The van der Waals surface area contributed by atoms with Gasteiger partial charge in [-0.25, -0.2) is 9.18 Å². The van der Waals surface area contributed by atoms with Crippen LogP contribution in [0.15, 0.2) is 24.4 Å². The smallest absolute Gasteiger partial charge is 0.328 e. The van der Waals surface area contributed by atoms with E-state index in [1.54, 1.807) is 0 Å². The summed E-state index contributed by atoms with van der Waals surface area (Å²) in [4.78, 5) is 12.3. The van der Waals surface area contributed by atoms with Crippen LogP contribution in [0.2, 0.25) is 0 Å². The Hall–Kier alpha value is -2.28. The maximum atomic E-state index is 14.6. The van der Waals surface area contributed by atoms with Gasteiger partial charge in [-0.15, -0.1) is 0 Å². The first-order chi connectivity index (χ1) is 11.7. The number of nitrogens with zero attached hydrogens (tertiary/aromatic N) is 3. The van der Waals surface area contributed by atoms with Crippen LogP contribution >= 0.6 is 0 Å². The standard InChI is InChI=1S/C16H21FN4O2/c1-15(2,3)9-16(18,14(22)23)10-5-6-11(12(17)7-10)13-8-19-21(4)20-13/h5-8H,9,18H2,1-4H3,(H,22,23)/i4D3. The number of halogens is 1. The number of hydrogen-bond donors (Lipinski definition) is 2. The van der Waals surface area contributed by atoms with Crippen LogP contribution in [0.3, 0.4) is 0 Å². The highest BCUT2D eigenvalue weighted by Crippen LogP contribution is 2.34. The van der Waals surface area contributed by atoms with E-state index in [4.69, 9.17) is 9.85 Å². The van der Waals surface area contributed by atoms with Crippen LogP contribution in [0.4, 0.5) is 4.39 Å². The molecule has 0 aliphatic rings. The number of carboxylic acids is 1. The van der Waals surface area contributed by atoms with Crippen LogP contribution in [0, 0.1) is 11.2 Å². The van der Waals surface area contributed by atoms with Gasteiger partial charge in [-0.05, 0) is 29.5 Å². The first-order valence-corrected chi connectivity index (χ1v) is 6.99. The van der Waals surface area contributed by atoms with Gasteiger partial charge in [-0.1, -0.05) is 26.8 Å². The van der Waals surface area contributed by atoms with Crippen molar-refractivity contribution >= 4 is 5.97 Å². The van der Waals surface area contributed by atoms with E-state index < -0.39 is 29.7 Å². The Bertz CT molecular complexity index is 830. The summed E-state index contributed by atoms with van der Waals surface area (Å²) in [6.45, 7) is 2.96. The quantitative estimate of drug-likeness (QED) is 0.900. The maximum Gasteiger partial charge on any atom is 0.328 e. The zero-order valence-corrected chi connectivity index (χ0v) is 13.2. The van der Waals surface area contributed by atoms with Crippen molar-refractivity contribution < 1.29 is 18.4 Å². The fourth-order valence-electron chi connectivity index (χ4n) is 2.52. The normalized spacial score (nSPS) is 17.0. The van der Waals surface area contributed by atoms with Crippen molar-refractivity contribution in [2.24, 2.45) is 18.1 Å². The second kappa shape index (κ2) is 5.73. The van der Waals surface area contributed by atoms with E-state index >= 15 is 0 Å². The lowest BCUT2D eigenvalue weighted by Crippen LogP contribution is -2.47. The lowest BCUT2D eigenvalue weighted by molar-refractivity contribution is -0.145. The minimum absolute atomic E-state index is 0.00717. The van der Waals surface area contributed by atoms with Gasteiger partial charge in [-0.2, -0.15) is 15.0 Å². The number of hydrogen-bond acceptors (Lipinski definition) is 4. The monoisotopic (exact) mass is 323 g/mol. The molecule has 6 nitrogen and oxygen atoms in total. The van der Waals surface area contributed by atoms with E-state index in [1.807, 2.05) is 20.8 Å². The van der Waals surface area contributed by atoms with Crippen molar-refractivity contribution in [2.45, 2.75) is 32.7 Å². The van der Waals surface area contributed by atoms with E-state index in [-0.39, 0.29) is 23.2 Å². The zero-order chi connectivity index (χ0) is 19.9. The highest BCUT2D eigenvalue weighted by molar-refractivity contribution is 5.81. The molecule has 3 N–H and O–H groups in total. The largest absolute Gasteiger partial charge is 0.480 e. The van der Waals surface area contributed by atoms with Gasteiger partial charge in [0.05, 0.1) is 6.20 Å². The predicted octanol–water partition coefficient (Wildman–Crippen LogP) is 2.30. The second-order valence-corrected chi connectivity index (χ2v) is 6.73. The topological polar surface area (TPSA) is 94.0 Å². The summed E-state index contributed by atoms with van der Waals surface area (Å²) in [5.74, 6) is -2.02. The van der Waals surface area contributed by atoms with Crippen molar-refractivity contribution in [3.8, 4) is 11.3 Å². The molecule has 7 heteroatoms. The zero-order valence-electron chi connectivity index (χ0n) is 16.2. The van der Waals surface area contributed by atoms with Crippen LogP contribution in [-0.4, -0.2) is 26.1 Å². The van der Waals surface area contributed by atoms with Crippen molar-refractivity contribution in [1.29, 1.82) is 0 Å². The van der Waals surface area contributed by atoms with Gasteiger partial charge in [0.1, 0.15) is 17.1 Å². The summed E-state index contributed by atoms with van der Waals surface area (Å²) < 4.78 is 36.3. The van der Waals surface area contributed by atoms with Crippen LogP contribution in [-0.2, 0) is 17.3 Å². The Morgan fingerprint density at radius 1 is 1.48 bits per heavy atom. The molecule has 1 aromatic carbocycles. The molecular formula is C16H21FN4O2. The Labute approximate surface area is 138 Å². The fourth-order valence-corrected chi connectivity index (χ4v) is 2.52. The molecular weight excluding hydrogens is 299 g/mol. The maximum absolute atomic E-state index is 14.6. The summed E-state index contributed by atoms with van der Waals surface area (Å²) in [6, 6.07) is 3.78. The van der Waals surface area contributed by atoms with Gasteiger partial charge >= 0.3 is 5.97 Å². The third kappa shape index (κ3) is 3.56. The molecule has 0 saturated heterocycles. The molecule has 0 saturated carbocycles. The van der Waals surface area contributed by atoms with Crippen LogP contribution < -0.4 is 5.73 Å². The molecule has 0 spiro atoms. The Morgan fingerprint density at radius 3 is 2.65 bits per heavy atom. The average molecular weight is 323 g/mol. The third-order valence-corrected chi connectivity index (χ3v) is 3.44. The number of carboxylic acid groups (broad SMARTS) is 1. The van der Waals surface area contributed by atoms with Gasteiger partial charge in [-0.3, -0.25) is 0 Å². The van der Waals surface area contributed by atoms with Crippen LogP contribution in [0.5, 0.6) is 0 Å². The molecule has 0 aliphatic carbocycles. The lowest BCUT2D eigenvalue weighted by atomic mass is 9.76. The van der Waals surface area contributed by atoms with Crippen molar-refractivity contribution in [3.63, 3.8) is 0 Å². The van der Waals surface area contributed by atoms with Gasteiger partial charge in [0, 0.05) is 16.7 Å². The molecule has 2 rings (SSSR count). The highest BCUT2D eigenvalue weighted by atomic mass is 19.1. The molecule has 1 heterocycles. The van der Waals surface area contributed by atoms with Crippen molar-refractivity contribution in [1.82, 2.24) is 15.0 Å². The molecule has 1 unspecified atom stereocenters. The van der Waals surface area contributed by atoms with Crippen molar-refractivity contribution in [2.75, 3.05) is 0 Å². The molecule has 0 aliphatic heterocycles. The number of rotatable bonds is 4. The molecule has 1 aromatic heterocycles. The number of nitrogens with two attached hydrogens (primary N) is 1. The van der Waals surface area contributed by atoms with Crippen molar-refractivity contribution in [3.05, 3.63) is 35.8 Å². The first-order valence-electron chi connectivity index (χ1n) is 8.49. The minimum Gasteiger partial charge on any atom is -0.480 e. The first kappa shape index (κ1) is 13.2. The van der Waals surface area contributed by atoms with E-state index in [0.717, 1.165) is 12.3 Å². The number of aromatic nitrogens is 3. The van der Waals surface area contributed by atoms with E-state index in [1.165, 1.54) is 12.1 Å². The second-order valence-electron chi connectivity index (χ2n) is 6.73. The number of aryl methyl sites for hydroxylation is 1. The Morgan fingerprint density at radius 2 is 2.17 bits per heavy atom. The van der Waals surface area contributed by atoms with E-state index in [0.29, 0.717) is 4.80 Å². The third-order valence-electron chi connectivity index (χ3n) is 3.44. The number of aliphatic carboxylic acids is 1. The molecule has 0 fully saturated rings. The highest BCUT2D eigenvalue weighted by Gasteiger charge is 2.40. The van der Waals surface area contributed by atoms with E-state index in [2.05, 4.69) is 10.2 Å².